The summed E-state index contributed by atoms with van der Waals surface area (Å²) in [6.45, 7) is 2.71. The molecule has 0 amide bonds. The number of rotatable bonds is 4. The summed E-state index contributed by atoms with van der Waals surface area (Å²) in [6.07, 6.45) is 1.80. The third-order valence-electron chi connectivity index (χ3n) is 3.08. The Bertz CT molecular complexity index is 569. The molecule has 0 fully saturated rings. The van der Waals surface area contributed by atoms with E-state index < -0.39 is 0 Å². The number of aryl methyl sites for hydroxylation is 1. The zero-order chi connectivity index (χ0) is 13.8. The summed E-state index contributed by atoms with van der Waals surface area (Å²) in [5, 5.41) is 0. The molecule has 0 aliphatic carbocycles. The standard InChI is InChI=1S/C15H19N3O/c1-11-9-17-15(8-14(11)16)18(2)10-12-5-4-6-13(7-12)19-3/h4-9H,10H2,1-3H3,(H2,16,17). The van der Waals surface area contributed by atoms with Gasteiger partial charge in [0.2, 0.25) is 0 Å². The second kappa shape index (κ2) is 5.61. The molecule has 1 aromatic carbocycles. The summed E-state index contributed by atoms with van der Waals surface area (Å²) in [5.41, 5.74) is 8.84. The first-order valence-electron chi connectivity index (χ1n) is 6.16. The van der Waals surface area contributed by atoms with Gasteiger partial charge in [-0.15, -0.1) is 0 Å². The van der Waals surface area contributed by atoms with Crippen molar-refractivity contribution < 1.29 is 4.74 Å². The number of hydrogen-bond donors (Lipinski definition) is 1. The number of hydrogen-bond acceptors (Lipinski definition) is 4. The molecule has 0 unspecified atom stereocenters. The minimum absolute atomic E-state index is 0.757. The average Bonchev–Trinajstić information content (AvgIpc) is 2.42. The largest absolute Gasteiger partial charge is 0.497 e. The van der Waals surface area contributed by atoms with Gasteiger partial charge < -0.3 is 15.4 Å². The molecule has 0 saturated carbocycles. The van der Waals surface area contributed by atoms with E-state index in [1.165, 1.54) is 5.56 Å². The minimum Gasteiger partial charge on any atom is -0.497 e. The third kappa shape index (κ3) is 3.16. The van der Waals surface area contributed by atoms with E-state index in [4.69, 9.17) is 10.5 Å². The van der Waals surface area contributed by atoms with Crippen molar-refractivity contribution >= 4 is 11.5 Å². The number of nitrogen functional groups attached to an aromatic ring is 1. The van der Waals surface area contributed by atoms with Crippen LogP contribution < -0.4 is 15.4 Å². The zero-order valence-electron chi connectivity index (χ0n) is 11.6. The first-order chi connectivity index (χ1) is 9.10. The molecule has 2 rings (SSSR count). The Morgan fingerprint density at radius 3 is 2.79 bits per heavy atom. The number of pyridine rings is 1. The van der Waals surface area contributed by atoms with Crippen LogP contribution in [0.1, 0.15) is 11.1 Å². The Morgan fingerprint density at radius 2 is 2.11 bits per heavy atom. The van der Waals surface area contributed by atoms with E-state index in [2.05, 4.69) is 16.0 Å². The van der Waals surface area contributed by atoms with Crippen molar-refractivity contribution in [3.8, 4) is 5.75 Å². The molecule has 4 nitrogen and oxygen atoms in total. The number of benzene rings is 1. The quantitative estimate of drug-likeness (QED) is 0.914. The number of ether oxygens (including phenoxy) is 1. The van der Waals surface area contributed by atoms with E-state index in [9.17, 15) is 0 Å². The first kappa shape index (κ1) is 13.2. The number of aromatic nitrogens is 1. The summed E-state index contributed by atoms with van der Waals surface area (Å²) in [6, 6.07) is 9.91. The van der Waals surface area contributed by atoms with E-state index in [-0.39, 0.29) is 0 Å². The van der Waals surface area contributed by atoms with Gasteiger partial charge in [-0.2, -0.15) is 0 Å². The maximum Gasteiger partial charge on any atom is 0.130 e. The summed E-state index contributed by atoms with van der Waals surface area (Å²) in [7, 11) is 3.67. The summed E-state index contributed by atoms with van der Waals surface area (Å²) >= 11 is 0. The van der Waals surface area contributed by atoms with E-state index in [0.717, 1.165) is 29.4 Å². The molecule has 0 radical (unpaired) electrons. The molecule has 2 N–H and O–H groups in total. The van der Waals surface area contributed by atoms with Crippen molar-refractivity contribution in [1.82, 2.24) is 4.98 Å². The molecule has 19 heavy (non-hydrogen) atoms. The molecule has 0 atom stereocenters. The number of nitrogens with two attached hydrogens (primary N) is 1. The van der Waals surface area contributed by atoms with Crippen LogP contribution in [0, 0.1) is 6.92 Å². The van der Waals surface area contributed by atoms with Crippen LogP contribution in [-0.4, -0.2) is 19.1 Å². The van der Waals surface area contributed by atoms with Crippen LogP contribution in [-0.2, 0) is 6.54 Å². The lowest BCUT2D eigenvalue weighted by molar-refractivity contribution is 0.414. The lowest BCUT2D eigenvalue weighted by Gasteiger charge is -2.19. The molecular formula is C15H19N3O. The van der Waals surface area contributed by atoms with Gasteiger partial charge in [0, 0.05) is 31.5 Å². The normalized spacial score (nSPS) is 10.3. The molecule has 0 spiro atoms. The highest BCUT2D eigenvalue weighted by Gasteiger charge is 2.06. The van der Waals surface area contributed by atoms with Gasteiger partial charge in [-0.25, -0.2) is 4.98 Å². The van der Waals surface area contributed by atoms with Crippen LogP contribution in [0.3, 0.4) is 0 Å². The number of anilines is 2. The fraction of sp³-hybridized carbons (Fsp3) is 0.267. The highest BCUT2D eigenvalue weighted by molar-refractivity contribution is 5.54. The van der Waals surface area contributed by atoms with Crippen molar-refractivity contribution in [2.45, 2.75) is 13.5 Å². The Balaban J connectivity index is 2.15. The Morgan fingerprint density at radius 1 is 1.32 bits per heavy atom. The second-order valence-corrected chi connectivity index (χ2v) is 4.61. The molecule has 1 aromatic heterocycles. The highest BCUT2D eigenvalue weighted by Crippen LogP contribution is 2.20. The lowest BCUT2D eigenvalue weighted by atomic mass is 10.2. The van der Waals surface area contributed by atoms with Crippen LogP contribution in [0.4, 0.5) is 11.5 Å². The lowest BCUT2D eigenvalue weighted by Crippen LogP contribution is -2.18. The smallest absolute Gasteiger partial charge is 0.130 e. The van der Waals surface area contributed by atoms with Crippen molar-refractivity contribution in [3.63, 3.8) is 0 Å². The molecule has 0 aliphatic rings. The predicted octanol–water partition coefficient (Wildman–Crippen LogP) is 2.62. The van der Waals surface area contributed by atoms with Gasteiger partial charge in [0.05, 0.1) is 7.11 Å². The highest BCUT2D eigenvalue weighted by atomic mass is 16.5. The fourth-order valence-electron chi connectivity index (χ4n) is 1.86. The molecule has 100 valence electrons. The van der Waals surface area contributed by atoms with Gasteiger partial charge >= 0.3 is 0 Å². The van der Waals surface area contributed by atoms with Gasteiger partial charge in [0.25, 0.3) is 0 Å². The second-order valence-electron chi connectivity index (χ2n) is 4.61. The number of nitrogens with zero attached hydrogens (tertiary/aromatic N) is 2. The average molecular weight is 257 g/mol. The SMILES string of the molecule is COc1cccc(CN(C)c2cc(N)c(C)cn2)c1. The topological polar surface area (TPSA) is 51.4 Å². The van der Waals surface area contributed by atoms with Gasteiger partial charge in [-0.1, -0.05) is 12.1 Å². The van der Waals surface area contributed by atoms with Crippen LogP contribution in [0.5, 0.6) is 5.75 Å². The zero-order valence-corrected chi connectivity index (χ0v) is 11.6. The third-order valence-corrected chi connectivity index (χ3v) is 3.08. The van der Waals surface area contributed by atoms with Crippen molar-refractivity contribution in [2.75, 3.05) is 24.8 Å². The Hall–Kier alpha value is -2.23. The van der Waals surface area contributed by atoms with Crippen LogP contribution in [0.25, 0.3) is 0 Å². The molecular weight excluding hydrogens is 238 g/mol. The molecule has 0 bridgehead atoms. The monoisotopic (exact) mass is 257 g/mol. The first-order valence-corrected chi connectivity index (χ1v) is 6.16. The fourth-order valence-corrected chi connectivity index (χ4v) is 1.86. The van der Waals surface area contributed by atoms with E-state index in [0.29, 0.717) is 0 Å². The van der Waals surface area contributed by atoms with Crippen LogP contribution >= 0.6 is 0 Å². The maximum atomic E-state index is 5.91. The van der Waals surface area contributed by atoms with E-state index in [1.54, 1.807) is 13.3 Å². The molecule has 2 aromatic rings. The van der Waals surface area contributed by atoms with Crippen molar-refractivity contribution in [1.29, 1.82) is 0 Å². The Labute approximate surface area is 113 Å². The van der Waals surface area contributed by atoms with Crippen LogP contribution in [0.15, 0.2) is 36.5 Å². The Kier molecular flexibility index (Phi) is 3.90. The van der Waals surface area contributed by atoms with Gasteiger partial charge in [0.1, 0.15) is 11.6 Å². The molecule has 1 heterocycles. The summed E-state index contributed by atoms with van der Waals surface area (Å²) in [4.78, 5) is 6.45. The predicted molar refractivity (Wildman–Crippen MR) is 78.5 cm³/mol. The van der Waals surface area contributed by atoms with Gasteiger partial charge in [-0.05, 0) is 30.2 Å². The van der Waals surface area contributed by atoms with E-state index >= 15 is 0 Å². The maximum absolute atomic E-state index is 5.91. The van der Waals surface area contributed by atoms with Crippen LogP contribution in [0.2, 0.25) is 0 Å². The number of methoxy groups -OCH3 is 1. The minimum atomic E-state index is 0.757. The van der Waals surface area contributed by atoms with Gasteiger partial charge in [0.15, 0.2) is 0 Å². The summed E-state index contributed by atoms with van der Waals surface area (Å²) in [5.74, 6) is 1.73. The molecule has 4 heteroatoms. The van der Waals surface area contributed by atoms with Crippen molar-refractivity contribution in [3.05, 3.63) is 47.7 Å². The molecule has 0 aliphatic heterocycles. The summed E-state index contributed by atoms with van der Waals surface area (Å²) < 4.78 is 5.22. The van der Waals surface area contributed by atoms with E-state index in [1.807, 2.05) is 38.2 Å². The molecule has 0 saturated heterocycles. The van der Waals surface area contributed by atoms with Gasteiger partial charge in [-0.3, -0.25) is 0 Å². The van der Waals surface area contributed by atoms with Crippen molar-refractivity contribution in [2.24, 2.45) is 0 Å².